The number of nitriles is 1. The molecule has 0 heterocycles. The van der Waals surface area contributed by atoms with E-state index in [1.54, 1.807) is 0 Å². The summed E-state index contributed by atoms with van der Waals surface area (Å²) in [6, 6.07) is 1.49. The first-order valence-electron chi connectivity index (χ1n) is 2.44. The van der Waals surface area contributed by atoms with Gasteiger partial charge < -0.3 is 10.8 Å². The van der Waals surface area contributed by atoms with Crippen molar-refractivity contribution in [3.8, 4) is 6.07 Å². The van der Waals surface area contributed by atoms with Crippen molar-refractivity contribution in [3.63, 3.8) is 0 Å². The molecule has 0 radical (unpaired) electrons. The molecule has 0 fully saturated rings. The second-order valence-corrected chi connectivity index (χ2v) is 1.38. The zero-order chi connectivity index (χ0) is 7.98. The van der Waals surface area contributed by atoms with Gasteiger partial charge in [0.15, 0.2) is 0 Å². The molecule has 0 aliphatic rings. The van der Waals surface area contributed by atoms with E-state index in [1.165, 1.54) is 12.1 Å². The standard InChI is InChI=1S/C6H6N2O2/c7-3-1-2-5(4-8)6(9)10/h1-3H,7H2,(H,9,10). The topological polar surface area (TPSA) is 87.1 Å². The summed E-state index contributed by atoms with van der Waals surface area (Å²) in [6.45, 7) is 0. The van der Waals surface area contributed by atoms with E-state index < -0.39 is 5.97 Å². The molecule has 4 nitrogen and oxygen atoms in total. The first kappa shape index (κ1) is 8.24. The average molecular weight is 138 g/mol. The fourth-order valence-electron chi connectivity index (χ4n) is 0.308. The summed E-state index contributed by atoms with van der Waals surface area (Å²) in [7, 11) is 0. The summed E-state index contributed by atoms with van der Waals surface area (Å²) in [4.78, 5) is 10.1. The van der Waals surface area contributed by atoms with Crippen molar-refractivity contribution >= 4 is 5.97 Å². The predicted molar refractivity (Wildman–Crippen MR) is 34.7 cm³/mol. The van der Waals surface area contributed by atoms with Gasteiger partial charge in [0.2, 0.25) is 0 Å². The highest BCUT2D eigenvalue weighted by molar-refractivity contribution is 5.91. The maximum Gasteiger partial charge on any atom is 0.346 e. The number of allylic oxidation sites excluding steroid dienone is 2. The molecule has 3 N–H and O–H groups in total. The second kappa shape index (κ2) is 4.15. The SMILES string of the molecule is N#CC(=CC=CN)C(=O)O. The van der Waals surface area contributed by atoms with Crippen LogP contribution in [0.25, 0.3) is 0 Å². The molecule has 0 amide bonds. The van der Waals surface area contributed by atoms with Gasteiger partial charge in [-0.15, -0.1) is 0 Å². The number of hydrogen-bond acceptors (Lipinski definition) is 3. The van der Waals surface area contributed by atoms with Gasteiger partial charge >= 0.3 is 5.97 Å². The summed E-state index contributed by atoms with van der Waals surface area (Å²) in [5.74, 6) is -1.25. The summed E-state index contributed by atoms with van der Waals surface area (Å²) in [5, 5.41) is 16.4. The molecule has 0 aliphatic heterocycles. The highest BCUT2D eigenvalue weighted by Crippen LogP contribution is 1.90. The first-order chi connectivity index (χ1) is 4.72. The van der Waals surface area contributed by atoms with Crippen LogP contribution in [0.5, 0.6) is 0 Å². The highest BCUT2D eigenvalue weighted by Gasteiger charge is 2.01. The molecule has 0 spiro atoms. The molecular weight excluding hydrogens is 132 g/mol. The van der Waals surface area contributed by atoms with Gasteiger partial charge in [0, 0.05) is 0 Å². The van der Waals surface area contributed by atoms with E-state index in [0.29, 0.717) is 0 Å². The molecular formula is C6H6N2O2. The molecule has 52 valence electrons. The van der Waals surface area contributed by atoms with Crippen molar-refractivity contribution in [1.82, 2.24) is 0 Å². The lowest BCUT2D eigenvalue weighted by molar-refractivity contribution is -0.132. The average Bonchev–Trinajstić information content (AvgIpc) is 1.89. The van der Waals surface area contributed by atoms with Crippen molar-refractivity contribution in [3.05, 3.63) is 23.9 Å². The molecule has 10 heavy (non-hydrogen) atoms. The van der Waals surface area contributed by atoms with Crippen LogP contribution in [-0.2, 0) is 4.79 Å². The number of nitrogens with two attached hydrogens (primary N) is 1. The lowest BCUT2D eigenvalue weighted by atomic mass is 10.3. The van der Waals surface area contributed by atoms with Gasteiger partial charge in [-0.3, -0.25) is 0 Å². The van der Waals surface area contributed by atoms with E-state index in [1.807, 2.05) is 0 Å². The zero-order valence-corrected chi connectivity index (χ0v) is 5.11. The van der Waals surface area contributed by atoms with Gasteiger partial charge in [0.05, 0.1) is 0 Å². The fourth-order valence-corrected chi connectivity index (χ4v) is 0.308. The number of rotatable bonds is 2. The summed E-state index contributed by atoms with van der Waals surface area (Å²) in [5.41, 5.74) is 4.57. The van der Waals surface area contributed by atoms with Crippen LogP contribution in [0.2, 0.25) is 0 Å². The molecule has 0 saturated carbocycles. The molecule has 0 atom stereocenters. The molecule has 0 unspecified atom stereocenters. The summed E-state index contributed by atoms with van der Waals surface area (Å²) >= 11 is 0. The molecule has 0 rings (SSSR count). The predicted octanol–water partition coefficient (Wildman–Crippen LogP) is -0.00662. The van der Waals surface area contributed by atoms with Crippen LogP contribution in [0, 0.1) is 11.3 Å². The van der Waals surface area contributed by atoms with Crippen molar-refractivity contribution < 1.29 is 9.90 Å². The molecule has 0 aromatic heterocycles. The van der Waals surface area contributed by atoms with Crippen LogP contribution in [-0.4, -0.2) is 11.1 Å². The maximum atomic E-state index is 10.1. The third kappa shape index (κ3) is 2.52. The van der Waals surface area contributed by atoms with Crippen LogP contribution in [0.1, 0.15) is 0 Å². The van der Waals surface area contributed by atoms with E-state index in [-0.39, 0.29) is 5.57 Å². The minimum absolute atomic E-state index is 0.332. The lowest BCUT2D eigenvalue weighted by Gasteiger charge is -1.82. The Kier molecular flexibility index (Phi) is 3.42. The number of carboxylic acid groups (broad SMARTS) is 1. The van der Waals surface area contributed by atoms with E-state index in [0.717, 1.165) is 12.3 Å². The molecule has 0 aromatic carbocycles. The highest BCUT2D eigenvalue weighted by atomic mass is 16.4. The number of hydrogen-bond donors (Lipinski definition) is 2. The Morgan fingerprint density at radius 2 is 2.30 bits per heavy atom. The van der Waals surface area contributed by atoms with Gasteiger partial charge in [0.1, 0.15) is 11.6 Å². The van der Waals surface area contributed by atoms with Crippen LogP contribution in [0.15, 0.2) is 23.9 Å². The Labute approximate surface area is 57.9 Å². The second-order valence-electron chi connectivity index (χ2n) is 1.38. The summed E-state index contributed by atoms with van der Waals surface area (Å²) < 4.78 is 0. The van der Waals surface area contributed by atoms with Crippen LogP contribution in [0.4, 0.5) is 0 Å². The quantitative estimate of drug-likeness (QED) is 0.319. The Morgan fingerprint density at radius 1 is 1.70 bits per heavy atom. The maximum absolute atomic E-state index is 10.1. The third-order valence-electron chi connectivity index (χ3n) is 0.725. The molecule has 0 bridgehead atoms. The van der Waals surface area contributed by atoms with Crippen LogP contribution in [0.3, 0.4) is 0 Å². The van der Waals surface area contributed by atoms with Gasteiger partial charge in [-0.25, -0.2) is 4.79 Å². The number of aliphatic carboxylic acids is 1. The normalized spacial score (nSPS) is 11.3. The minimum atomic E-state index is -1.25. The lowest BCUT2D eigenvalue weighted by Crippen LogP contribution is -1.96. The number of nitrogens with zero attached hydrogens (tertiary/aromatic N) is 1. The molecule has 0 aromatic rings. The first-order valence-corrected chi connectivity index (χ1v) is 2.44. The van der Waals surface area contributed by atoms with Crippen molar-refractivity contribution in [2.75, 3.05) is 0 Å². The molecule has 4 heteroatoms. The van der Waals surface area contributed by atoms with Gasteiger partial charge in [-0.2, -0.15) is 5.26 Å². The monoisotopic (exact) mass is 138 g/mol. The molecule has 0 saturated heterocycles. The largest absolute Gasteiger partial charge is 0.477 e. The smallest absolute Gasteiger partial charge is 0.346 e. The Morgan fingerprint density at radius 3 is 2.60 bits per heavy atom. The number of carbonyl (C=O) groups is 1. The third-order valence-corrected chi connectivity index (χ3v) is 0.725. The Balaban J connectivity index is 4.38. The minimum Gasteiger partial charge on any atom is -0.477 e. The summed E-state index contributed by atoms with van der Waals surface area (Å²) in [6.07, 6.45) is 3.56. The van der Waals surface area contributed by atoms with E-state index in [4.69, 9.17) is 16.1 Å². The van der Waals surface area contributed by atoms with Crippen molar-refractivity contribution in [2.45, 2.75) is 0 Å². The zero-order valence-electron chi connectivity index (χ0n) is 5.11. The Bertz CT molecular complexity index is 222. The van der Waals surface area contributed by atoms with Gasteiger partial charge in [0.25, 0.3) is 0 Å². The molecule has 0 aliphatic carbocycles. The van der Waals surface area contributed by atoms with Crippen LogP contribution < -0.4 is 5.73 Å². The fraction of sp³-hybridized carbons (Fsp3) is 0. The Hall–Kier alpha value is -1.76. The van der Waals surface area contributed by atoms with Crippen molar-refractivity contribution in [2.24, 2.45) is 5.73 Å². The van der Waals surface area contributed by atoms with Crippen LogP contribution >= 0.6 is 0 Å². The van der Waals surface area contributed by atoms with Gasteiger partial charge in [-0.1, -0.05) is 0 Å². The van der Waals surface area contributed by atoms with Gasteiger partial charge in [-0.05, 0) is 18.4 Å². The number of carboxylic acids is 1. The van der Waals surface area contributed by atoms with E-state index in [9.17, 15) is 4.79 Å². The van der Waals surface area contributed by atoms with E-state index >= 15 is 0 Å². The van der Waals surface area contributed by atoms with Crippen molar-refractivity contribution in [1.29, 1.82) is 5.26 Å². The van der Waals surface area contributed by atoms with E-state index in [2.05, 4.69) is 0 Å².